The molecule has 0 aliphatic carbocycles. The molecule has 4 nitrogen and oxygen atoms in total. The Labute approximate surface area is 166 Å². The lowest BCUT2D eigenvalue weighted by atomic mass is 9.95. The minimum atomic E-state index is -0.682. The molecule has 0 saturated heterocycles. The molecule has 0 spiro atoms. The number of carboxylic acid groups (broad SMARTS) is 2. The van der Waals surface area contributed by atoms with Gasteiger partial charge in [-0.05, 0) is 18.8 Å². The molecule has 0 aromatic heterocycles. The molecule has 0 aliphatic rings. The van der Waals surface area contributed by atoms with Crippen molar-refractivity contribution in [2.24, 2.45) is 5.92 Å². The summed E-state index contributed by atoms with van der Waals surface area (Å²) in [5.74, 6) is -0.994. The van der Waals surface area contributed by atoms with E-state index in [0.717, 1.165) is 38.5 Å². The van der Waals surface area contributed by atoms with Gasteiger partial charge in [-0.15, -0.1) is 24.8 Å². The number of hydrogen-bond acceptors (Lipinski definition) is 2. The molecule has 0 bridgehead atoms. The van der Waals surface area contributed by atoms with Crippen molar-refractivity contribution in [2.75, 3.05) is 0 Å². The first kappa shape index (κ1) is 29.3. The van der Waals surface area contributed by atoms with Gasteiger partial charge in [-0.3, -0.25) is 9.59 Å². The van der Waals surface area contributed by atoms with E-state index in [1.807, 2.05) is 0 Å². The molecule has 0 heterocycles. The summed E-state index contributed by atoms with van der Waals surface area (Å²) in [5, 5.41) is 17.3. The number of halogens is 2. The smallest absolute Gasteiger partial charge is 0.303 e. The molecule has 2 N–H and O–H groups in total. The molecule has 1 atom stereocenters. The molecule has 0 aliphatic heterocycles. The zero-order valence-electron chi connectivity index (χ0n) is 15.7. The van der Waals surface area contributed by atoms with Crippen molar-refractivity contribution >= 4 is 36.8 Å². The third kappa shape index (κ3) is 23.5. The van der Waals surface area contributed by atoms with Gasteiger partial charge in [0, 0.05) is 12.8 Å². The molecule has 6 heteroatoms. The minimum Gasteiger partial charge on any atom is -0.481 e. The van der Waals surface area contributed by atoms with Crippen molar-refractivity contribution in [3.05, 3.63) is 0 Å². The Kier molecular flexibility index (Phi) is 25.3. The molecule has 0 aromatic rings. The SMILES string of the molecule is CCC(CCCCCCCCCCCCCC(=O)O)CC(=O)O.Cl.Cl. The summed E-state index contributed by atoms with van der Waals surface area (Å²) in [7, 11) is 0. The molecule has 0 radical (unpaired) electrons. The van der Waals surface area contributed by atoms with E-state index in [0.29, 0.717) is 18.8 Å². The second-order valence-electron chi connectivity index (χ2n) is 6.69. The summed E-state index contributed by atoms with van der Waals surface area (Å²) in [6.45, 7) is 2.08. The highest BCUT2D eigenvalue weighted by atomic mass is 35.5. The maximum absolute atomic E-state index is 10.7. The summed E-state index contributed by atoms with van der Waals surface area (Å²) in [6.07, 6.45) is 15.7. The second-order valence-corrected chi connectivity index (χ2v) is 6.69. The Morgan fingerprint density at radius 2 is 1.08 bits per heavy atom. The lowest BCUT2D eigenvalue weighted by Gasteiger charge is -2.11. The summed E-state index contributed by atoms with van der Waals surface area (Å²) in [6, 6.07) is 0. The normalized spacial score (nSPS) is 11.2. The van der Waals surface area contributed by atoms with Crippen molar-refractivity contribution in [2.45, 2.75) is 103 Å². The first-order chi connectivity index (χ1) is 11.1. The van der Waals surface area contributed by atoms with E-state index in [1.54, 1.807) is 0 Å². The van der Waals surface area contributed by atoms with E-state index in [9.17, 15) is 9.59 Å². The molecule has 152 valence electrons. The van der Waals surface area contributed by atoms with Gasteiger partial charge in [0.1, 0.15) is 0 Å². The molecule has 0 amide bonds. The van der Waals surface area contributed by atoms with Crippen LogP contribution in [0.5, 0.6) is 0 Å². The number of unbranched alkanes of at least 4 members (excludes halogenated alkanes) is 10. The van der Waals surface area contributed by atoms with E-state index < -0.39 is 11.9 Å². The number of carboxylic acids is 2. The maximum Gasteiger partial charge on any atom is 0.303 e. The van der Waals surface area contributed by atoms with Crippen molar-refractivity contribution in [1.29, 1.82) is 0 Å². The molecule has 1 unspecified atom stereocenters. The van der Waals surface area contributed by atoms with Crippen molar-refractivity contribution < 1.29 is 19.8 Å². The van der Waals surface area contributed by atoms with Crippen molar-refractivity contribution in [3.8, 4) is 0 Å². The number of carbonyl (C=O) groups is 2. The van der Waals surface area contributed by atoms with Crippen molar-refractivity contribution in [3.63, 3.8) is 0 Å². The van der Waals surface area contributed by atoms with Crippen LogP contribution >= 0.6 is 24.8 Å². The van der Waals surface area contributed by atoms with Gasteiger partial charge in [0.25, 0.3) is 0 Å². The van der Waals surface area contributed by atoms with E-state index in [2.05, 4.69) is 6.92 Å². The van der Waals surface area contributed by atoms with E-state index in [1.165, 1.54) is 44.9 Å². The van der Waals surface area contributed by atoms with Crippen LogP contribution in [0.1, 0.15) is 103 Å². The Hall–Kier alpha value is -0.480. The van der Waals surface area contributed by atoms with E-state index >= 15 is 0 Å². The number of rotatable bonds is 17. The average Bonchev–Trinajstić information content (AvgIpc) is 2.49. The van der Waals surface area contributed by atoms with Gasteiger partial charge in [0.05, 0.1) is 0 Å². The Morgan fingerprint density at radius 3 is 1.44 bits per heavy atom. The third-order valence-electron chi connectivity index (χ3n) is 4.54. The van der Waals surface area contributed by atoms with Gasteiger partial charge >= 0.3 is 11.9 Å². The Balaban J connectivity index is -0.00000242. The van der Waals surface area contributed by atoms with Crippen LogP contribution in [0.2, 0.25) is 0 Å². The summed E-state index contributed by atoms with van der Waals surface area (Å²) < 4.78 is 0. The monoisotopic (exact) mass is 400 g/mol. The zero-order chi connectivity index (χ0) is 17.3. The van der Waals surface area contributed by atoms with Gasteiger partial charge < -0.3 is 10.2 Å². The fraction of sp³-hybridized carbons (Fsp3) is 0.895. The van der Waals surface area contributed by atoms with Crippen LogP contribution in [0.3, 0.4) is 0 Å². The predicted octanol–water partition coefficient (Wildman–Crippen LogP) is 6.49. The highest BCUT2D eigenvalue weighted by molar-refractivity contribution is 5.85. The highest BCUT2D eigenvalue weighted by Gasteiger charge is 2.10. The minimum absolute atomic E-state index is 0. The first-order valence-electron chi connectivity index (χ1n) is 9.49. The Morgan fingerprint density at radius 1 is 0.680 bits per heavy atom. The van der Waals surface area contributed by atoms with E-state index in [-0.39, 0.29) is 24.8 Å². The fourth-order valence-electron chi connectivity index (χ4n) is 3.00. The van der Waals surface area contributed by atoms with Gasteiger partial charge in [-0.25, -0.2) is 0 Å². The van der Waals surface area contributed by atoms with Gasteiger partial charge in [0.2, 0.25) is 0 Å². The molecule has 0 aromatic carbocycles. The maximum atomic E-state index is 10.7. The fourth-order valence-corrected chi connectivity index (χ4v) is 3.00. The average molecular weight is 401 g/mol. The van der Waals surface area contributed by atoms with E-state index in [4.69, 9.17) is 10.2 Å². The van der Waals surface area contributed by atoms with Gasteiger partial charge in [-0.1, -0.05) is 77.6 Å². The number of aliphatic carboxylic acids is 2. The molecule has 25 heavy (non-hydrogen) atoms. The highest BCUT2D eigenvalue weighted by Crippen LogP contribution is 2.18. The molecular weight excluding hydrogens is 363 g/mol. The predicted molar refractivity (Wildman–Crippen MR) is 108 cm³/mol. The molecule has 0 rings (SSSR count). The van der Waals surface area contributed by atoms with Crippen LogP contribution in [0.25, 0.3) is 0 Å². The van der Waals surface area contributed by atoms with Crippen LogP contribution in [0.15, 0.2) is 0 Å². The lowest BCUT2D eigenvalue weighted by molar-refractivity contribution is -0.138. The first-order valence-corrected chi connectivity index (χ1v) is 9.49. The lowest BCUT2D eigenvalue weighted by Crippen LogP contribution is -2.06. The zero-order valence-corrected chi connectivity index (χ0v) is 17.3. The van der Waals surface area contributed by atoms with Crippen LogP contribution in [-0.2, 0) is 9.59 Å². The standard InChI is InChI=1S/C19H36O4.2ClH/c1-2-17(16-19(22)23)14-12-10-8-6-4-3-5-7-9-11-13-15-18(20)21;;/h17H,2-16H2,1H3,(H,20,21)(H,22,23);2*1H. The largest absolute Gasteiger partial charge is 0.481 e. The molecule has 0 fully saturated rings. The van der Waals surface area contributed by atoms with Crippen LogP contribution in [0.4, 0.5) is 0 Å². The summed E-state index contributed by atoms with van der Waals surface area (Å²) in [5.41, 5.74) is 0. The quantitative estimate of drug-likeness (QED) is 0.273. The van der Waals surface area contributed by atoms with Crippen LogP contribution in [-0.4, -0.2) is 22.2 Å². The van der Waals surface area contributed by atoms with Crippen molar-refractivity contribution in [1.82, 2.24) is 0 Å². The summed E-state index contributed by atoms with van der Waals surface area (Å²) >= 11 is 0. The summed E-state index contributed by atoms with van der Waals surface area (Å²) in [4.78, 5) is 21.0. The Bertz CT molecular complexity index is 312. The van der Waals surface area contributed by atoms with Gasteiger partial charge in [0.15, 0.2) is 0 Å². The van der Waals surface area contributed by atoms with Crippen LogP contribution < -0.4 is 0 Å². The van der Waals surface area contributed by atoms with Gasteiger partial charge in [-0.2, -0.15) is 0 Å². The second kappa shape index (κ2) is 21.6. The number of hydrogen-bond donors (Lipinski definition) is 2. The van der Waals surface area contributed by atoms with Crippen LogP contribution in [0, 0.1) is 5.92 Å². The topological polar surface area (TPSA) is 74.6 Å². The molecular formula is C19H38Cl2O4. The molecule has 0 saturated carbocycles. The third-order valence-corrected chi connectivity index (χ3v) is 4.54.